The molecule has 8 nitrogen and oxygen atoms in total. The van der Waals surface area contributed by atoms with Crippen LogP contribution in [0.2, 0.25) is 0 Å². The van der Waals surface area contributed by atoms with Gasteiger partial charge in [-0.3, -0.25) is 19.3 Å². The number of hydrogen-bond acceptors (Lipinski definition) is 5. The van der Waals surface area contributed by atoms with Gasteiger partial charge in [0.25, 0.3) is 0 Å². The molecule has 0 saturated carbocycles. The van der Waals surface area contributed by atoms with E-state index in [1.165, 1.54) is 0 Å². The molecule has 0 saturated heterocycles. The number of benzene rings is 2. The predicted octanol–water partition coefficient (Wildman–Crippen LogP) is 4.33. The molecule has 8 heteroatoms. The lowest BCUT2D eigenvalue weighted by Gasteiger charge is -2.34. The van der Waals surface area contributed by atoms with Crippen molar-refractivity contribution in [3.05, 3.63) is 71.9 Å². The Balaban J connectivity index is 2.05. The minimum absolute atomic E-state index is 0.135. The van der Waals surface area contributed by atoms with Crippen molar-refractivity contribution in [2.24, 2.45) is 11.8 Å². The Bertz CT molecular complexity index is 1180. The normalized spacial score (nSPS) is 21.8. The van der Waals surface area contributed by atoms with Crippen molar-refractivity contribution >= 4 is 23.8 Å². The fraction of sp³-hybridized carbons (Fsp3) is 0.485. The highest BCUT2D eigenvalue weighted by Gasteiger charge is 2.39. The third-order valence-electron chi connectivity index (χ3n) is 7.87. The van der Waals surface area contributed by atoms with Gasteiger partial charge in [-0.1, -0.05) is 83.5 Å². The summed E-state index contributed by atoms with van der Waals surface area (Å²) < 4.78 is 6.39. The van der Waals surface area contributed by atoms with Crippen molar-refractivity contribution < 1.29 is 19.1 Å². The molecule has 2 aromatic rings. The van der Waals surface area contributed by atoms with E-state index >= 15 is 0 Å². The molecule has 41 heavy (non-hydrogen) atoms. The fourth-order valence-corrected chi connectivity index (χ4v) is 4.97. The molecule has 0 fully saturated rings. The highest BCUT2D eigenvalue weighted by Crippen LogP contribution is 2.23. The van der Waals surface area contributed by atoms with Crippen molar-refractivity contribution in [2.45, 2.75) is 77.6 Å². The second-order valence-electron chi connectivity index (χ2n) is 11.6. The van der Waals surface area contributed by atoms with Crippen LogP contribution in [0.1, 0.15) is 64.5 Å². The van der Waals surface area contributed by atoms with Crippen LogP contribution in [0.15, 0.2) is 60.8 Å². The molecule has 3 N–H and O–H groups in total. The number of nitrogens with zero attached hydrogens (tertiary/aromatic N) is 1. The number of carbonyl (C=O) groups is 3. The Morgan fingerprint density at radius 2 is 1.63 bits per heavy atom. The molecule has 0 radical (unpaired) electrons. The molecule has 2 aromatic carbocycles. The van der Waals surface area contributed by atoms with Crippen LogP contribution < -0.4 is 20.7 Å². The van der Waals surface area contributed by atoms with Crippen LogP contribution in [-0.2, 0) is 14.4 Å². The molecule has 3 amide bonds. The second-order valence-corrected chi connectivity index (χ2v) is 11.6. The van der Waals surface area contributed by atoms with Crippen LogP contribution in [0.4, 0.5) is 0 Å². The summed E-state index contributed by atoms with van der Waals surface area (Å²) in [5.41, 5.74) is 1.79. The summed E-state index contributed by atoms with van der Waals surface area (Å²) in [6, 6.07) is 14.6. The number of fused-ring (bicyclic) bond motifs is 10. The molecular weight excluding hydrogens is 516 g/mol. The van der Waals surface area contributed by atoms with E-state index in [1.54, 1.807) is 12.3 Å². The average Bonchev–Trinajstić information content (AvgIpc) is 2.96. The summed E-state index contributed by atoms with van der Waals surface area (Å²) in [4.78, 5) is 43.2. The smallest absolute Gasteiger partial charge is 0.247 e. The Labute approximate surface area is 244 Å². The molecule has 2 bridgehead atoms. The van der Waals surface area contributed by atoms with Crippen molar-refractivity contribution in [1.82, 2.24) is 20.9 Å². The summed E-state index contributed by atoms with van der Waals surface area (Å²) in [5.74, 6) is -0.629. The van der Waals surface area contributed by atoms with Crippen molar-refractivity contribution in [3.63, 3.8) is 0 Å². The van der Waals surface area contributed by atoms with Crippen LogP contribution in [0, 0.1) is 11.8 Å². The van der Waals surface area contributed by atoms with Crippen molar-refractivity contribution in [2.75, 3.05) is 14.1 Å². The Hall–Kier alpha value is -3.65. The van der Waals surface area contributed by atoms with Gasteiger partial charge in [-0.05, 0) is 61.7 Å². The minimum atomic E-state index is -1.04. The van der Waals surface area contributed by atoms with Gasteiger partial charge in [0.2, 0.25) is 17.7 Å². The van der Waals surface area contributed by atoms with E-state index in [4.69, 9.17) is 4.74 Å². The number of carbonyl (C=O) groups excluding carboxylic acids is 3. The van der Waals surface area contributed by atoms with Gasteiger partial charge in [0.15, 0.2) is 0 Å². The van der Waals surface area contributed by atoms with Gasteiger partial charge in [0.1, 0.15) is 23.9 Å². The summed E-state index contributed by atoms with van der Waals surface area (Å²) in [5, 5.41) is 8.85. The van der Waals surface area contributed by atoms with Gasteiger partial charge in [0, 0.05) is 12.1 Å². The van der Waals surface area contributed by atoms with E-state index in [0.717, 1.165) is 17.5 Å². The van der Waals surface area contributed by atoms with Gasteiger partial charge < -0.3 is 20.7 Å². The average molecular weight is 563 g/mol. The van der Waals surface area contributed by atoms with Crippen molar-refractivity contribution in [3.8, 4) is 5.75 Å². The highest BCUT2D eigenvalue weighted by molar-refractivity contribution is 5.94. The molecule has 0 aromatic heterocycles. The Kier molecular flexibility index (Phi) is 11.5. The number of nitrogens with one attached hydrogen (secondary N) is 3. The molecular formula is C33H46N4O4. The van der Waals surface area contributed by atoms with E-state index in [2.05, 4.69) is 29.8 Å². The second kappa shape index (κ2) is 14.8. The van der Waals surface area contributed by atoms with Gasteiger partial charge in [-0.25, -0.2) is 0 Å². The molecule has 0 spiro atoms. The van der Waals surface area contributed by atoms with E-state index in [9.17, 15) is 14.4 Å². The number of ether oxygens (including phenoxy) is 1. The largest absolute Gasteiger partial charge is 0.487 e. The SMILES string of the molecule is CCC(C)CC(C(=O)NC1C(=O)NC(C(C)c2ccccc2)C(=O)NC=Cc2ccc(cc2)OC1C(C)C)N(C)C. The molecule has 0 aliphatic carbocycles. The van der Waals surface area contributed by atoms with Crippen LogP contribution >= 0.6 is 0 Å². The zero-order valence-corrected chi connectivity index (χ0v) is 25.4. The monoisotopic (exact) mass is 562 g/mol. The first-order chi connectivity index (χ1) is 19.5. The topological polar surface area (TPSA) is 99.8 Å². The van der Waals surface area contributed by atoms with Gasteiger partial charge in [0.05, 0.1) is 6.04 Å². The molecule has 2 aliphatic heterocycles. The maximum Gasteiger partial charge on any atom is 0.247 e. The summed E-state index contributed by atoms with van der Waals surface area (Å²) in [6.07, 6.45) is 4.28. The third-order valence-corrected chi connectivity index (χ3v) is 7.87. The quantitative estimate of drug-likeness (QED) is 0.423. The first-order valence-corrected chi connectivity index (χ1v) is 14.6. The third kappa shape index (κ3) is 8.67. The standard InChI is InChI=1S/C33H46N4O4/c1-8-22(4)20-27(37(6)7)31(38)36-29-30(21(2)3)41-26-16-14-24(15-17-26)18-19-34-32(39)28(35-33(29)40)23(5)25-12-10-9-11-13-25/h9-19,21-23,27-30H,8,20H2,1-7H3,(H,34,39)(H,35,40)(H,36,38). The van der Waals surface area contributed by atoms with Gasteiger partial charge >= 0.3 is 0 Å². The lowest BCUT2D eigenvalue weighted by atomic mass is 9.91. The van der Waals surface area contributed by atoms with Gasteiger partial charge in [-0.2, -0.15) is 0 Å². The first kappa shape index (κ1) is 31.9. The minimum Gasteiger partial charge on any atom is -0.487 e. The van der Waals surface area contributed by atoms with Gasteiger partial charge in [-0.15, -0.1) is 0 Å². The van der Waals surface area contributed by atoms with E-state index in [-0.39, 0.29) is 23.7 Å². The van der Waals surface area contributed by atoms with Crippen molar-refractivity contribution in [1.29, 1.82) is 0 Å². The predicted molar refractivity (Wildman–Crippen MR) is 163 cm³/mol. The lowest BCUT2D eigenvalue weighted by molar-refractivity contribution is -0.136. The molecule has 6 unspecified atom stereocenters. The van der Waals surface area contributed by atoms with Crippen LogP contribution in [0.5, 0.6) is 5.75 Å². The first-order valence-electron chi connectivity index (χ1n) is 14.6. The Morgan fingerprint density at radius 1 is 0.976 bits per heavy atom. The molecule has 4 rings (SSSR count). The van der Waals surface area contributed by atoms with Crippen LogP contribution in [0.3, 0.4) is 0 Å². The van der Waals surface area contributed by atoms with E-state index in [1.807, 2.05) is 94.4 Å². The Morgan fingerprint density at radius 3 is 2.22 bits per heavy atom. The van der Waals surface area contributed by atoms with Crippen LogP contribution in [0.25, 0.3) is 6.08 Å². The number of likely N-dealkylation sites (N-methyl/N-ethyl adjacent to an activating group) is 1. The maximum absolute atomic E-state index is 14.1. The maximum atomic E-state index is 14.1. The zero-order chi connectivity index (χ0) is 30.1. The van der Waals surface area contributed by atoms with E-state index < -0.39 is 30.1 Å². The lowest BCUT2D eigenvalue weighted by Crippen LogP contribution is -2.62. The molecule has 2 heterocycles. The highest BCUT2D eigenvalue weighted by atomic mass is 16.5. The molecule has 2 aliphatic rings. The number of hydrogen-bond donors (Lipinski definition) is 3. The molecule has 222 valence electrons. The number of amides is 3. The number of rotatable bonds is 9. The summed E-state index contributed by atoms with van der Waals surface area (Å²) >= 11 is 0. The molecule has 6 atom stereocenters. The zero-order valence-electron chi connectivity index (χ0n) is 25.4. The summed E-state index contributed by atoms with van der Waals surface area (Å²) in [6.45, 7) is 10.0. The summed E-state index contributed by atoms with van der Waals surface area (Å²) in [7, 11) is 3.74. The van der Waals surface area contributed by atoms with Crippen LogP contribution in [-0.4, -0.2) is 60.9 Å². The fourth-order valence-electron chi connectivity index (χ4n) is 4.97. The van der Waals surface area contributed by atoms with E-state index in [0.29, 0.717) is 18.1 Å².